The first-order valence-corrected chi connectivity index (χ1v) is 23.4. The van der Waals surface area contributed by atoms with Gasteiger partial charge in [-0.05, 0) is 51.4 Å². The summed E-state index contributed by atoms with van der Waals surface area (Å²) in [6.45, 7) is 4.26. The Hall–Kier alpha value is -2.03. The minimum absolute atomic E-state index is 0.0303. The van der Waals surface area contributed by atoms with Gasteiger partial charge in [0.1, 0.15) is 19.8 Å². The second-order valence-electron chi connectivity index (χ2n) is 15.7. The minimum atomic E-state index is -4.37. The number of rotatable bonds is 39. The van der Waals surface area contributed by atoms with Crippen molar-refractivity contribution in [3.8, 4) is 0 Å². The monoisotopic (exact) mass is 797 g/mol. The van der Waals surface area contributed by atoms with E-state index < -0.39 is 26.5 Å². The van der Waals surface area contributed by atoms with Crippen LogP contribution in [-0.4, -0.2) is 74.9 Å². The van der Waals surface area contributed by atoms with Gasteiger partial charge in [-0.15, -0.1) is 0 Å². The van der Waals surface area contributed by atoms with E-state index in [1.165, 1.54) is 70.6 Å². The number of likely N-dealkylation sites (N-methyl/N-ethyl adjacent to an activating group) is 1. The third-order valence-electron chi connectivity index (χ3n) is 9.12. The van der Waals surface area contributed by atoms with Gasteiger partial charge in [0, 0.05) is 12.8 Å². The number of carbonyl (C=O) groups excluding carboxylic acids is 2. The van der Waals surface area contributed by atoms with Crippen molar-refractivity contribution in [2.75, 3.05) is 47.5 Å². The van der Waals surface area contributed by atoms with Gasteiger partial charge in [-0.3, -0.25) is 18.6 Å². The fraction of sp³-hybridized carbons (Fsp3) is 0.778. The number of hydrogen-bond acceptors (Lipinski definition) is 7. The van der Waals surface area contributed by atoms with E-state index in [9.17, 15) is 19.0 Å². The van der Waals surface area contributed by atoms with Gasteiger partial charge in [-0.1, -0.05) is 159 Å². The lowest BCUT2D eigenvalue weighted by molar-refractivity contribution is -0.870. The van der Waals surface area contributed by atoms with Crippen molar-refractivity contribution >= 4 is 19.8 Å². The molecule has 0 saturated carbocycles. The highest BCUT2D eigenvalue weighted by molar-refractivity contribution is 7.47. The van der Waals surface area contributed by atoms with Crippen LogP contribution in [-0.2, 0) is 32.7 Å². The summed E-state index contributed by atoms with van der Waals surface area (Å²) in [4.78, 5) is 35.2. The van der Waals surface area contributed by atoms with E-state index in [1.54, 1.807) is 0 Å². The van der Waals surface area contributed by atoms with Gasteiger partial charge in [0.15, 0.2) is 6.10 Å². The van der Waals surface area contributed by atoms with Gasteiger partial charge in [0.2, 0.25) is 0 Å². The summed E-state index contributed by atoms with van der Waals surface area (Å²) in [6, 6.07) is 0. The molecule has 1 N–H and O–H groups in total. The lowest BCUT2D eigenvalue weighted by Gasteiger charge is -2.24. The molecule has 0 aliphatic heterocycles. The Bertz CT molecular complexity index is 1080. The van der Waals surface area contributed by atoms with Crippen LogP contribution >= 0.6 is 7.82 Å². The number of hydrogen-bond donors (Lipinski definition) is 1. The predicted molar refractivity (Wildman–Crippen MR) is 229 cm³/mol. The molecule has 0 aliphatic carbocycles. The number of ether oxygens (including phenoxy) is 2. The Morgan fingerprint density at radius 3 is 1.55 bits per heavy atom. The Morgan fingerprint density at radius 2 is 1.04 bits per heavy atom. The molecule has 0 aromatic heterocycles. The van der Waals surface area contributed by atoms with Gasteiger partial charge in [0.05, 0.1) is 27.7 Å². The maximum atomic E-state index is 12.7. The van der Waals surface area contributed by atoms with E-state index in [-0.39, 0.29) is 32.0 Å². The Morgan fingerprint density at radius 1 is 0.582 bits per heavy atom. The molecule has 55 heavy (non-hydrogen) atoms. The fourth-order valence-corrected chi connectivity index (χ4v) is 6.45. The number of allylic oxidation sites excluding steroid dienone is 8. The van der Waals surface area contributed by atoms with Crippen LogP contribution in [0.2, 0.25) is 0 Å². The molecule has 9 nitrogen and oxygen atoms in total. The standard InChI is InChI=1S/C45H82NO8P/c1-6-8-10-12-14-16-17-18-19-20-21-22-23-24-25-26-27-28-29-30-32-34-36-38-45(48)54-43(42-53-55(49,50)52-40-39-46(3,4)5)41-51-44(47)37-35-33-31-15-13-11-9-7-2/h8,10,14,16,18-19,21-22,43H,6-7,9,11-13,15,17,20,23-42H2,1-5H3/p+1/b10-8-,16-14-,19-18-,22-21-. The SMILES string of the molecule is CC/C=C\C/C=C\C/C=C\C/C=C\CCCCCCCCCCCCC(=O)OC(COC(=O)CCCCCCCCCC)COP(=O)(O)OCC[N+](C)(C)C. The molecule has 10 heteroatoms. The number of unbranched alkanes of at least 4 members (excludes halogenated alkanes) is 17. The molecule has 0 aromatic carbocycles. The fourth-order valence-electron chi connectivity index (χ4n) is 5.71. The molecule has 0 fully saturated rings. The van der Waals surface area contributed by atoms with Crippen molar-refractivity contribution in [2.45, 2.75) is 180 Å². The highest BCUT2D eigenvalue weighted by Gasteiger charge is 2.27. The lowest BCUT2D eigenvalue weighted by atomic mass is 10.0. The minimum Gasteiger partial charge on any atom is -0.462 e. The first-order valence-electron chi connectivity index (χ1n) is 21.9. The molecular weight excluding hydrogens is 713 g/mol. The van der Waals surface area contributed by atoms with Crippen LogP contribution in [0.1, 0.15) is 174 Å². The van der Waals surface area contributed by atoms with Gasteiger partial charge in [0.25, 0.3) is 0 Å². The van der Waals surface area contributed by atoms with Gasteiger partial charge < -0.3 is 18.9 Å². The molecule has 0 amide bonds. The van der Waals surface area contributed by atoms with E-state index >= 15 is 0 Å². The summed E-state index contributed by atoms with van der Waals surface area (Å²) in [5.74, 6) is -0.808. The summed E-state index contributed by atoms with van der Waals surface area (Å²) < 4.78 is 34.2. The summed E-state index contributed by atoms with van der Waals surface area (Å²) in [7, 11) is 1.47. The second kappa shape index (κ2) is 37.5. The topological polar surface area (TPSA) is 108 Å². The molecular formula is C45H83NO8P+. The van der Waals surface area contributed by atoms with Crippen LogP contribution in [0.5, 0.6) is 0 Å². The largest absolute Gasteiger partial charge is 0.472 e. The average Bonchev–Trinajstić information content (AvgIpc) is 3.13. The number of carbonyl (C=O) groups is 2. The molecule has 0 radical (unpaired) electrons. The molecule has 0 bridgehead atoms. The zero-order valence-corrected chi connectivity index (χ0v) is 36.8. The Labute approximate surface area is 337 Å². The molecule has 0 aromatic rings. The highest BCUT2D eigenvalue weighted by atomic mass is 31.2. The van der Waals surface area contributed by atoms with Crippen molar-refractivity contribution in [3.05, 3.63) is 48.6 Å². The number of esters is 2. The maximum absolute atomic E-state index is 12.7. The van der Waals surface area contributed by atoms with Crippen LogP contribution in [0.4, 0.5) is 0 Å². The summed E-state index contributed by atoms with van der Waals surface area (Å²) in [5, 5.41) is 0. The summed E-state index contributed by atoms with van der Waals surface area (Å²) in [5.41, 5.74) is 0. The molecule has 0 spiro atoms. The molecule has 0 aliphatic rings. The third kappa shape index (κ3) is 41.4. The summed E-state index contributed by atoms with van der Waals surface area (Å²) in [6.07, 6.45) is 43.1. The second-order valence-corrected chi connectivity index (χ2v) is 17.2. The van der Waals surface area contributed by atoms with Crippen LogP contribution in [0.3, 0.4) is 0 Å². The summed E-state index contributed by atoms with van der Waals surface area (Å²) >= 11 is 0. The Kier molecular flexibility index (Phi) is 36.2. The van der Waals surface area contributed by atoms with Crippen LogP contribution < -0.4 is 0 Å². The smallest absolute Gasteiger partial charge is 0.462 e. The number of nitrogens with zero attached hydrogens (tertiary/aromatic N) is 1. The van der Waals surface area contributed by atoms with Gasteiger partial charge in [-0.25, -0.2) is 4.57 Å². The van der Waals surface area contributed by atoms with Crippen LogP contribution in [0.25, 0.3) is 0 Å². The van der Waals surface area contributed by atoms with Crippen LogP contribution in [0.15, 0.2) is 48.6 Å². The molecule has 320 valence electrons. The first-order chi connectivity index (χ1) is 26.5. The Balaban J connectivity index is 4.22. The van der Waals surface area contributed by atoms with Gasteiger partial charge >= 0.3 is 19.8 Å². The zero-order valence-electron chi connectivity index (χ0n) is 35.9. The van der Waals surface area contributed by atoms with E-state index in [0.717, 1.165) is 70.6 Å². The van der Waals surface area contributed by atoms with E-state index in [2.05, 4.69) is 62.5 Å². The van der Waals surface area contributed by atoms with Crippen molar-refractivity contribution < 1.29 is 42.1 Å². The highest BCUT2D eigenvalue weighted by Crippen LogP contribution is 2.43. The third-order valence-corrected chi connectivity index (χ3v) is 10.1. The molecule has 2 atom stereocenters. The number of phosphoric acid groups is 1. The normalized spacial score (nSPS) is 14.1. The number of phosphoric ester groups is 1. The lowest BCUT2D eigenvalue weighted by Crippen LogP contribution is -2.37. The predicted octanol–water partition coefficient (Wildman–Crippen LogP) is 12.3. The number of quaternary nitrogens is 1. The average molecular weight is 797 g/mol. The molecule has 0 rings (SSSR count). The van der Waals surface area contributed by atoms with Gasteiger partial charge in [-0.2, -0.15) is 0 Å². The quantitative estimate of drug-likeness (QED) is 0.0215. The van der Waals surface area contributed by atoms with E-state index in [4.69, 9.17) is 18.5 Å². The molecule has 2 unspecified atom stereocenters. The van der Waals surface area contributed by atoms with Crippen molar-refractivity contribution in [2.24, 2.45) is 0 Å². The van der Waals surface area contributed by atoms with Crippen molar-refractivity contribution in [1.82, 2.24) is 0 Å². The van der Waals surface area contributed by atoms with Crippen molar-refractivity contribution in [3.63, 3.8) is 0 Å². The first kappa shape index (κ1) is 53.0. The van der Waals surface area contributed by atoms with Crippen molar-refractivity contribution in [1.29, 1.82) is 0 Å². The van der Waals surface area contributed by atoms with E-state index in [0.29, 0.717) is 17.4 Å². The molecule has 0 heterocycles. The van der Waals surface area contributed by atoms with Crippen LogP contribution in [0, 0.1) is 0 Å². The zero-order chi connectivity index (χ0) is 40.7. The maximum Gasteiger partial charge on any atom is 0.472 e. The van der Waals surface area contributed by atoms with E-state index in [1.807, 2.05) is 21.1 Å². The molecule has 0 saturated heterocycles.